The van der Waals surface area contributed by atoms with Crippen LogP contribution >= 0.6 is 0 Å². The predicted molar refractivity (Wildman–Crippen MR) is 94.8 cm³/mol. The highest BCUT2D eigenvalue weighted by molar-refractivity contribution is 5.92. The van der Waals surface area contributed by atoms with E-state index in [1.807, 2.05) is 13.8 Å². The zero-order valence-electron chi connectivity index (χ0n) is 15.3. The number of hydrogen-bond donors (Lipinski definition) is 2. The molecule has 0 aliphatic rings. The summed E-state index contributed by atoms with van der Waals surface area (Å²) in [5.74, 6) is 0.373. The molecule has 140 valence electrons. The first kappa shape index (κ1) is 19.4. The van der Waals surface area contributed by atoms with Crippen molar-refractivity contribution in [2.75, 3.05) is 14.2 Å². The molecule has 7 heteroatoms. The normalized spacial score (nSPS) is 11.7. The molecule has 1 unspecified atom stereocenters. The number of methoxy groups -OCH3 is 2. The number of nitrogens with one attached hydrogen (secondary N) is 1. The van der Waals surface area contributed by atoms with Crippen LogP contribution in [0, 0.1) is 6.92 Å². The molecule has 1 aromatic carbocycles. The second-order valence-corrected chi connectivity index (χ2v) is 5.81. The molecular weight excluding hydrogens is 338 g/mol. The fourth-order valence-corrected chi connectivity index (χ4v) is 2.71. The first-order chi connectivity index (χ1) is 12.4. The molecule has 1 amide bonds. The van der Waals surface area contributed by atoms with Gasteiger partial charge in [0.05, 0.1) is 26.7 Å². The lowest BCUT2D eigenvalue weighted by molar-refractivity contribution is -0.137. The number of benzene rings is 1. The molecule has 0 saturated carbocycles. The number of rotatable bonds is 8. The molecule has 0 radical (unpaired) electrons. The van der Waals surface area contributed by atoms with Crippen LogP contribution in [-0.4, -0.2) is 31.2 Å². The van der Waals surface area contributed by atoms with E-state index in [1.165, 1.54) is 14.2 Å². The van der Waals surface area contributed by atoms with Crippen molar-refractivity contribution in [2.24, 2.45) is 0 Å². The molecule has 1 heterocycles. The predicted octanol–water partition coefficient (Wildman–Crippen LogP) is 3.11. The second kappa shape index (κ2) is 8.42. The molecule has 0 bridgehead atoms. The van der Waals surface area contributed by atoms with Crippen molar-refractivity contribution in [2.45, 2.75) is 32.7 Å². The Hall–Kier alpha value is -2.96. The lowest BCUT2D eigenvalue weighted by Gasteiger charge is -2.18. The molecule has 2 rings (SSSR count). The molecule has 0 aliphatic heterocycles. The van der Waals surface area contributed by atoms with Crippen molar-refractivity contribution >= 4 is 11.9 Å². The van der Waals surface area contributed by atoms with E-state index in [0.29, 0.717) is 23.5 Å². The summed E-state index contributed by atoms with van der Waals surface area (Å²) in [4.78, 5) is 23.8. The summed E-state index contributed by atoms with van der Waals surface area (Å²) in [7, 11) is 3.00. The first-order valence-corrected chi connectivity index (χ1v) is 8.23. The maximum Gasteiger partial charge on any atom is 0.305 e. The number of carboxylic acids is 1. The Morgan fingerprint density at radius 3 is 2.42 bits per heavy atom. The standard InChI is InChI=1S/C19H23NO6/c1-5-14-11(2)8-17(26-14)19(23)20-13(10-18(21)22)12-6-7-15(24-3)16(9-12)25-4/h6-9,13H,5,10H2,1-4H3,(H,20,23)(H,21,22). The Morgan fingerprint density at radius 2 is 1.88 bits per heavy atom. The third-order valence-electron chi connectivity index (χ3n) is 4.06. The minimum absolute atomic E-state index is 0.162. The van der Waals surface area contributed by atoms with Gasteiger partial charge in [-0.3, -0.25) is 9.59 Å². The molecule has 2 aromatic rings. The van der Waals surface area contributed by atoms with E-state index >= 15 is 0 Å². The summed E-state index contributed by atoms with van der Waals surface area (Å²) in [5.41, 5.74) is 1.48. The largest absolute Gasteiger partial charge is 0.493 e. The summed E-state index contributed by atoms with van der Waals surface area (Å²) < 4.78 is 16.0. The van der Waals surface area contributed by atoms with Gasteiger partial charge in [0, 0.05) is 6.42 Å². The SMILES string of the molecule is CCc1oc(C(=O)NC(CC(=O)O)c2ccc(OC)c(OC)c2)cc1C. The van der Waals surface area contributed by atoms with Gasteiger partial charge in [0.2, 0.25) is 0 Å². The summed E-state index contributed by atoms with van der Waals surface area (Å²) in [6, 6.07) is 5.93. The van der Waals surface area contributed by atoms with Crippen LogP contribution in [0.5, 0.6) is 11.5 Å². The van der Waals surface area contributed by atoms with Gasteiger partial charge >= 0.3 is 5.97 Å². The molecule has 0 aliphatic carbocycles. The van der Waals surface area contributed by atoms with Crippen molar-refractivity contribution in [3.63, 3.8) is 0 Å². The molecule has 0 saturated heterocycles. The highest BCUT2D eigenvalue weighted by Gasteiger charge is 2.22. The summed E-state index contributed by atoms with van der Waals surface area (Å²) >= 11 is 0. The van der Waals surface area contributed by atoms with Gasteiger partial charge in [-0.1, -0.05) is 13.0 Å². The Balaban J connectivity index is 2.29. The average molecular weight is 361 g/mol. The van der Waals surface area contributed by atoms with E-state index in [9.17, 15) is 14.7 Å². The third kappa shape index (κ3) is 4.36. The van der Waals surface area contributed by atoms with Crippen LogP contribution in [0.4, 0.5) is 0 Å². The molecule has 0 fully saturated rings. The van der Waals surface area contributed by atoms with Gasteiger partial charge in [0.25, 0.3) is 5.91 Å². The number of hydrogen-bond acceptors (Lipinski definition) is 5. The van der Waals surface area contributed by atoms with Gasteiger partial charge in [-0.25, -0.2) is 0 Å². The van der Waals surface area contributed by atoms with Crippen molar-refractivity contribution < 1.29 is 28.6 Å². The Labute approximate surface area is 151 Å². The van der Waals surface area contributed by atoms with Gasteiger partial charge in [-0.15, -0.1) is 0 Å². The molecule has 7 nitrogen and oxygen atoms in total. The number of furan rings is 1. The maximum absolute atomic E-state index is 12.5. The van der Waals surface area contributed by atoms with E-state index in [1.54, 1.807) is 24.3 Å². The highest BCUT2D eigenvalue weighted by Crippen LogP contribution is 2.31. The van der Waals surface area contributed by atoms with Crippen LogP contribution < -0.4 is 14.8 Å². The molecule has 1 atom stereocenters. The Morgan fingerprint density at radius 1 is 1.19 bits per heavy atom. The van der Waals surface area contributed by atoms with Crippen molar-refractivity contribution in [1.82, 2.24) is 5.32 Å². The van der Waals surface area contributed by atoms with Crippen molar-refractivity contribution in [1.29, 1.82) is 0 Å². The minimum Gasteiger partial charge on any atom is -0.493 e. The van der Waals surface area contributed by atoms with E-state index in [-0.39, 0.29) is 12.2 Å². The number of ether oxygens (including phenoxy) is 2. The number of carbonyl (C=O) groups excluding carboxylic acids is 1. The van der Waals surface area contributed by atoms with Crippen LogP contribution in [0.2, 0.25) is 0 Å². The topological polar surface area (TPSA) is 98.0 Å². The first-order valence-electron chi connectivity index (χ1n) is 8.23. The maximum atomic E-state index is 12.5. The van der Waals surface area contributed by atoms with Crippen LogP contribution in [0.1, 0.15) is 46.8 Å². The van der Waals surface area contributed by atoms with Crippen LogP contribution in [0.3, 0.4) is 0 Å². The number of carboxylic acid groups (broad SMARTS) is 1. The van der Waals surface area contributed by atoms with Crippen LogP contribution in [0.15, 0.2) is 28.7 Å². The molecule has 26 heavy (non-hydrogen) atoms. The monoisotopic (exact) mass is 361 g/mol. The highest BCUT2D eigenvalue weighted by atomic mass is 16.5. The lowest BCUT2D eigenvalue weighted by atomic mass is 10.0. The number of aliphatic carboxylic acids is 1. The zero-order valence-corrected chi connectivity index (χ0v) is 15.3. The van der Waals surface area contributed by atoms with Gasteiger partial charge in [0.15, 0.2) is 17.3 Å². The van der Waals surface area contributed by atoms with Crippen LogP contribution in [0.25, 0.3) is 0 Å². The quantitative estimate of drug-likeness (QED) is 0.750. The van der Waals surface area contributed by atoms with E-state index < -0.39 is 17.9 Å². The smallest absolute Gasteiger partial charge is 0.305 e. The summed E-state index contributed by atoms with van der Waals surface area (Å²) in [6.45, 7) is 3.80. The lowest BCUT2D eigenvalue weighted by Crippen LogP contribution is -2.30. The molecule has 1 aromatic heterocycles. The van der Waals surface area contributed by atoms with Crippen molar-refractivity contribution in [3.8, 4) is 11.5 Å². The fourth-order valence-electron chi connectivity index (χ4n) is 2.71. The molecule has 2 N–H and O–H groups in total. The number of carbonyl (C=O) groups is 2. The van der Waals surface area contributed by atoms with E-state index in [4.69, 9.17) is 13.9 Å². The van der Waals surface area contributed by atoms with Gasteiger partial charge in [-0.2, -0.15) is 0 Å². The van der Waals surface area contributed by atoms with Crippen molar-refractivity contribution in [3.05, 3.63) is 46.9 Å². The Kier molecular flexibility index (Phi) is 6.27. The Bertz CT molecular complexity index is 795. The number of amides is 1. The minimum atomic E-state index is -1.03. The average Bonchev–Trinajstić information content (AvgIpc) is 3.01. The summed E-state index contributed by atoms with van der Waals surface area (Å²) in [5, 5.41) is 11.9. The fraction of sp³-hybridized carbons (Fsp3) is 0.368. The third-order valence-corrected chi connectivity index (χ3v) is 4.06. The van der Waals surface area contributed by atoms with Crippen LogP contribution in [-0.2, 0) is 11.2 Å². The van der Waals surface area contributed by atoms with Gasteiger partial charge in [0.1, 0.15) is 5.76 Å². The number of aryl methyl sites for hydroxylation is 2. The second-order valence-electron chi connectivity index (χ2n) is 5.81. The summed E-state index contributed by atoms with van der Waals surface area (Å²) in [6.07, 6.45) is 0.398. The molecule has 0 spiro atoms. The molecular formula is C19H23NO6. The zero-order chi connectivity index (χ0) is 19.3. The van der Waals surface area contributed by atoms with Gasteiger partial charge < -0.3 is 24.3 Å². The van der Waals surface area contributed by atoms with Gasteiger partial charge in [-0.05, 0) is 36.2 Å². The van der Waals surface area contributed by atoms with E-state index in [2.05, 4.69) is 5.32 Å². The van der Waals surface area contributed by atoms with E-state index in [0.717, 1.165) is 11.3 Å².